The molecule has 0 radical (unpaired) electrons. The van der Waals surface area contributed by atoms with Crippen molar-refractivity contribution in [3.05, 3.63) is 35.9 Å². The third-order valence-electron chi connectivity index (χ3n) is 3.16. The molecule has 1 heterocycles. The number of carbonyl (C=O) groups is 1. The van der Waals surface area contributed by atoms with E-state index in [0.29, 0.717) is 13.0 Å². The number of amides is 2. The number of benzene rings is 1. The Balaban J connectivity index is 1.85. The Morgan fingerprint density at radius 1 is 1.29 bits per heavy atom. The van der Waals surface area contributed by atoms with E-state index in [0.717, 1.165) is 18.7 Å². The van der Waals surface area contributed by atoms with E-state index in [1.807, 2.05) is 30.3 Å². The molecule has 1 saturated heterocycles. The van der Waals surface area contributed by atoms with Crippen LogP contribution >= 0.6 is 0 Å². The second-order valence-electron chi connectivity index (χ2n) is 4.41. The number of carbonyl (C=O) groups excluding carboxylic acids is 1. The van der Waals surface area contributed by atoms with Crippen LogP contribution in [0.3, 0.4) is 0 Å². The van der Waals surface area contributed by atoms with E-state index in [1.165, 1.54) is 0 Å². The molecule has 1 aliphatic heterocycles. The second-order valence-corrected chi connectivity index (χ2v) is 4.41. The summed E-state index contributed by atoms with van der Waals surface area (Å²) in [5, 5.41) is 9.98. The van der Waals surface area contributed by atoms with Gasteiger partial charge in [0.05, 0.1) is 6.10 Å². The molecule has 1 aliphatic rings. The first-order valence-electron chi connectivity index (χ1n) is 5.91. The summed E-state index contributed by atoms with van der Waals surface area (Å²) in [5.74, 6) is 0. The van der Waals surface area contributed by atoms with Crippen LogP contribution in [-0.2, 0) is 0 Å². The van der Waals surface area contributed by atoms with Crippen LogP contribution in [0.25, 0.3) is 0 Å². The fourth-order valence-electron chi connectivity index (χ4n) is 2.03. The van der Waals surface area contributed by atoms with Gasteiger partial charge in [0.2, 0.25) is 0 Å². The maximum atomic E-state index is 11.6. The van der Waals surface area contributed by atoms with Crippen LogP contribution in [0.5, 0.6) is 0 Å². The van der Waals surface area contributed by atoms with Crippen molar-refractivity contribution in [2.45, 2.75) is 12.5 Å². The van der Waals surface area contributed by atoms with Crippen molar-refractivity contribution in [2.75, 3.05) is 26.7 Å². The number of aliphatic hydroxyl groups is 1. The first-order chi connectivity index (χ1) is 8.18. The molecule has 1 N–H and O–H groups in total. The van der Waals surface area contributed by atoms with Crippen molar-refractivity contribution in [1.29, 1.82) is 0 Å². The van der Waals surface area contributed by atoms with Crippen molar-refractivity contribution in [2.24, 2.45) is 0 Å². The first kappa shape index (κ1) is 11.9. The van der Waals surface area contributed by atoms with Crippen LogP contribution in [0.15, 0.2) is 30.3 Å². The summed E-state index contributed by atoms with van der Waals surface area (Å²) >= 11 is 0. The van der Waals surface area contributed by atoms with Gasteiger partial charge >= 0.3 is 6.03 Å². The van der Waals surface area contributed by atoms with Crippen LogP contribution in [0.1, 0.15) is 18.1 Å². The van der Waals surface area contributed by atoms with Gasteiger partial charge in [-0.3, -0.25) is 0 Å². The molecule has 1 atom stereocenters. The highest BCUT2D eigenvalue weighted by atomic mass is 16.3. The first-order valence-corrected chi connectivity index (χ1v) is 5.91. The predicted molar refractivity (Wildman–Crippen MR) is 65.6 cm³/mol. The maximum absolute atomic E-state index is 11.6. The zero-order valence-electron chi connectivity index (χ0n) is 10.0. The Labute approximate surface area is 101 Å². The van der Waals surface area contributed by atoms with Crippen molar-refractivity contribution in [3.8, 4) is 0 Å². The summed E-state index contributed by atoms with van der Waals surface area (Å²) in [6.45, 7) is 2.15. The highest BCUT2D eigenvalue weighted by molar-refractivity contribution is 5.76. The fraction of sp³-hybridized carbons (Fsp3) is 0.462. The average molecular weight is 234 g/mol. The average Bonchev–Trinajstić information content (AvgIpc) is 2.68. The van der Waals surface area contributed by atoms with Gasteiger partial charge < -0.3 is 14.9 Å². The lowest BCUT2D eigenvalue weighted by Crippen LogP contribution is -2.30. The van der Waals surface area contributed by atoms with E-state index < -0.39 is 6.10 Å². The van der Waals surface area contributed by atoms with Gasteiger partial charge in [0.25, 0.3) is 0 Å². The standard InChI is InChI=1S/C13H18N2O2/c1-14-9-10-15(13(14)17)8-7-12(16)11-5-3-2-4-6-11/h2-6,12,16H,7-10H2,1H3. The van der Waals surface area contributed by atoms with E-state index in [1.54, 1.807) is 16.8 Å². The van der Waals surface area contributed by atoms with Gasteiger partial charge in [0, 0.05) is 26.7 Å². The summed E-state index contributed by atoms with van der Waals surface area (Å²) in [5.41, 5.74) is 0.910. The largest absolute Gasteiger partial charge is 0.388 e. The number of nitrogens with zero attached hydrogens (tertiary/aromatic N) is 2. The number of hydrogen-bond donors (Lipinski definition) is 1. The molecule has 0 aromatic heterocycles. The van der Waals surface area contributed by atoms with Gasteiger partial charge in [-0.25, -0.2) is 4.79 Å². The van der Waals surface area contributed by atoms with Gasteiger partial charge in [-0.2, -0.15) is 0 Å². The molecule has 2 amide bonds. The molecule has 2 rings (SSSR count). The molecule has 17 heavy (non-hydrogen) atoms. The minimum absolute atomic E-state index is 0.0604. The van der Waals surface area contributed by atoms with Crippen LogP contribution in [-0.4, -0.2) is 47.6 Å². The molecule has 0 aliphatic carbocycles. The van der Waals surface area contributed by atoms with Crippen molar-refractivity contribution < 1.29 is 9.90 Å². The van der Waals surface area contributed by atoms with Crippen LogP contribution in [0, 0.1) is 0 Å². The van der Waals surface area contributed by atoms with E-state index >= 15 is 0 Å². The van der Waals surface area contributed by atoms with Gasteiger partial charge in [-0.1, -0.05) is 30.3 Å². The zero-order chi connectivity index (χ0) is 12.3. The van der Waals surface area contributed by atoms with Gasteiger partial charge in [-0.15, -0.1) is 0 Å². The number of rotatable bonds is 4. The molecule has 1 aromatic rings. The summed E-state index contributed by atoms with van der Waals surface area (Å²) in [6.07, 6.45) is 0.0961. The van der Waals surface area contributed by atoms with Crippen LogP contribution in [0.2, 0.25) is 0 Å². The topological polar surface area (TPSA) is 43.8 Å². The number of hydrogen-bond acceptors (Lipinski definition) is 2. The maximum Gasteiger partial charge on any atom is 0.319 e. The molecule has 0 saturated carbocycles. The van der Waals surface area contributed by atoms with E-state index in [-0.39, 0.29) is 6.03 Å². The van der Waals surface area contributed by atoms with Crippen LogP contribution in [0.4, 0.5) is 4.79 Å². The zero-order valence-corrected chi connectivity index (χ0v) is 10.0. The van der Waals surface area contributed by atoms with E-state index in [9.17, 15) is 9.90 Å². The molecule has 4 heteroatoms. The molecule has 1 aromatic carbocycles. The molecule has 92 valence electrons. The minimum atomic E-state index is -0.491. The summed E-state index contributed by atoms with van der Waals surface area (Å²) in [7, 11) is 1.80. The van der Waals surface area contributed by atoms with Crippen molar-refractivity contribution in [1.82, 2.24) is 9.80 Å². The SMILES string of the molecule is CN1CCN(CCC(O)c2ccccc2)C1=O. The fourth-order valence-corrected chi connectivity index (χ4v) is 2.03. The third-order valence-corrected chi connectivity index (χ3v) is 3.16. The highest BCUT2D eigenvalue weighted by Crippen LogP contribution is 2.17. The Bertz CT molecular complexity index is 380. The van der Waals surface area contributed by atoms with Crippen LogP contribution < -0.4 is 0 Å². The van der Waals surface area contributed by atoms with Crippen molar-refractivity contribution >= 4 is 6.03 Å². The molecular weight excluding hydrogens is 216 g/mol. The highest BCUT2D eigenvalue weighted by Gasteiger charge is 2.25. The smallest absolute Gasteiger partial charge is 0.319 e. The predicted octanol–water partition coefficient (Wildman–Crippen LogP) is 1.48. The Kier molecular flexibility index (Phi) is 3.64. The quantitative estimate of drug-likeness (QED) is 0.857. The molecule has 1 fully saturated rings. The molecule has 0 bridgehead atoms. The van der Waals surface area contributed by atoms with Crippen molar-refractivity contribution in [3.63, 3.8) is 0 Å². The Morgan fingerprint density at radius 2 is 2.00 bits per heavy atom. The Morgan fingerprint density at radius 3 is 2.59 bits per heavy atom. The summed E-state index contributed by atoms with van der Waals surface area (Å²) < 4.78 is 0. The minimum Gasteiger partial charge on any atom is -0.388 e. The normalized spacial score (nSPS) is 17.6. The lowest BCUT2D eigenvalue weighted by molar-refractivity contribution is 0.148. The molecule has 4 nitrogen and oxygen atoms in total. The number of likely N-dealkylation sites (N-methyl/N-ethyl adjacent to an activating group) is 1. The molecule has 1 unspecified atom stereocenters. The summed E-state index contributed by atoms with van der Waals surface area (Å²) in [4.78, 5) is 15.1. The lowest BCUT2D eigenvalue weighted by atomic mass is 10.1. The van der Waals surface area contributed by atoms with Gasteiger partial charge in [0.15, 0.2) is 0 Å². The number of urea groups is 1. The molecule has 0 spiro atoms. The third kappa shape index (κ3) is 2.77. The van der Waals surface area contributed by atoms with E-state index in [4.69, 9.17) is 0 Å². The van der Waals surface area contributed by atoms with E-state index in [2.05, 4.69) is 0 Å². The summed E-state index contributed by atoms with van der Waals surface area (Å²) in [6, 6.07) is 9.62. The number of aliphatic hydroxyl groups excluding tert-OH is 1. The second kappa shape index (κ2) is 5.19. The lowest BCUT2D eigenvalue weighted by Gasteiger charge is -2.18. The monoisotopic (exact) mass is 234 g/mol. The Hall–Kier alpha value is -1.55. The van der Waals surface area contributed by atoms with Gasteiger partial charge in [-0.05, 0) is 12.0 Å². The van der Waals surface area contributed by atoms with Gasteiger partial charge in [0.1, 0.15) is 0 Å². The molecular formula is C13H18N2O2.